The van der Waals surface area contributed by atoms with Gasteiger partial charge in [0.2, 0.25) is 6.10 Å². The Hall–Kier alpha value is -2.79. The first kappa shape index (κ1) is 14.6. The Morgan fingerprint density at radius 1 is 1.00 bits per heavy atom. The standard InChI is InChI=1S/C19H17NO/c1-2-3-16-20-21-19(18-12-8-5-9-13-18)15-14-17-10-6-4-7-11-17/h2-13,16,19H,1H3/b3-2+,20-16-. The van der Waals surface area contributed by atoms with Crippen molar-refractivity contribution in [3.63, 3.8) is 0 Å². The van der Waals surface area contributed by atoms with Gasteiger partial charge in [-0.2, -0.15) is 0 Å². The molecule has 0 saturated carbocycles. The Balaban J connectivity index is 2.18. The highest BCUT2D eigenvalue weighted by atomic mass is 16.6. The van der Waals surface area contributed by atoms with Gasteiger partial charge in [0, 0.05) is 11.1 Å². The Kier molecular flexibility index (Phi) is 5.84. The van der Waals surface area contributed by atoms with Crippen LogP contribution in [0.2, 0.25) is 0 Å². The molecule has 0 aromatic heterocycles. The third-order valence-corrected chi connectivity index (χ3v) is 2.73. The lowest BCUT2D eigenvalue weighted by molar-refractivity contribution is 0.101. The van der Waals surface area contributed by atoms with Gasteiger partial charge in [0.1, 0.15) is 0 Å². The normalized spacial score (nSPS) is 12.0. The van der Waals surface area contributed by atoms with Gasteiger partial charge in [0.15, 0.2) is 0 Å². The molecule has 0 radical (unpaired) electrons. The van der Waals surface area contributed by atoms with E-state index in [1.54, 1.807) is 6.21 Å². The van der Waals surface area contributed by atoms with Gasteiger partial charge in [-0.3, -0.25) is 0 Å². The molecule has 2 nitrogen and oxygen atoms in total. The first-order valence-electron chi connectivity index (χ1n) is 6.82. The summed E-state index contributed by atoms with van der Waals surface area (Å²) in [7, 11) is 0. The second kappa shape index (κ2) is 8.39. The fourth-order valence-corrected chi connectivity index (χ4v) is 1.69. The summed E-state index contributed by atoms with van der Waals surface area (Å²) in [6.07, 6.45) is 4.93. The maximum atomic E-state index is 5.50. The van der Waals surface area contributed by atoms with Crippen molar-refractivity contribution in [2.75, 3.05) is 0 Å². The molecular formula is C19H17NO. The van der Waals surface area contributed by atoms with E-state index < -0.39 is 0 Å². The highest BCUT2D eigenvalue weighted by Gasteiger charge is 2.08. The van der Waals surface area contributed by atoms with E-state index in [9.17, 15) is 0 Å². The van der Waals surface area contributed by atoms with Crippen LogP contribution in [0.5, 0.6) is 0 Å². The van der Waals surface area contributed by atoms with E-state index in [1.807, 2.05) is 79.7 Å². The summed E-state index contributed by atoms with van der Waals surface area (Å²) in [5, 5.41) is 3.94. The van der Waals surface area contributed by atoms with Crippen molar-refractivity contribution >= 4 is 6.21 Å². The molecule has 0 aliphatic carbocycles. The van der Waals surface area contributed by atoms with Crippen molar-refractivity contribution < 1.29 is 4.84 Å². The van der Waals surface area contributed by atoms with Crippen LogP contribution in [0, 0.1) is 11.8 Å². The van der Waals surface area contributed by atoms with Gasteiger partial charge in [0.05, 0.1) is 6.21 Å². The first-order chi connectivity index (χ1) is 10.4. The monoisotopic (exact) mass is 275 g/mol. The second-order valence-electron chi connectivity index (χ2n) is 4.31. The molecule has 0 spiro atoms. The van der Waals surface area contributed by atoms with Crippen molar-refractivity contribution in [3.05, 3.63) is 83.9 Å². The minimum atomic E-state index is -0.382. The van der Waals surface area contributed by atoms with Crippen LogP contribution >= 0.6 is 0 Å². The van der Waals surface area contributed by atoms with Crippen molar-refractivity contribution in [2.24, 2.45) is 5.16 Å². The Morgan fingerprint density at radius 3 is 2.33 bits per heavy atom. The van der Waals surface area contributed by atoms with E-state index in [0.29, 0.717) is 0 Å². The van der Waals surface area contributed by atoms with Gasteiger partial charge in [0.25, 0.3) is 0 Å². The number of oxime groups is 1. The topological polar surface area (TPSA) is 21.6 Å². The molecular weight excluding hydrogens is 258 g/mol. The minimum Gasteiger partial charge on any atom is -0.374 e. The van der Waals surface area contributed by atoms with Crippen LogP contribution in [0.15, 0.2) is 78.0 Å². The molecule has 2 rings (SSSR count). The van der Waals surface area contributed by atoms with E-state index in [2.05, 4.69) is 17.0 Å². The smallest absolute Gasteiger partial charge is 0.213 e. The lowest BCUT2D eigenvalue weighted by Gasteiger charge is -2.08. The molecule has 21 heavy (non-hydrogen) atoms. The average molecular weight is 275 g/mol. The molecule has 0 aliphatic rings. The van der Waals surface area contributed by atoms with Gasteiger partial charge in [-0.1, -0.05) is 65.7 Å². The van der Waals surface area contributed by atoms with Gasteiger partial charge < -0.3 is 4.84 Å². The summed E-state index contributed by atoms with van der Waals surface area (Å²) in [5.74, 6) is 6.24. The molecule has 104 valence electrons. The zero-order valence-corrected chi connectivity index (χ0v) is 11.9. The SMILES string of the molecule is C/C=C/C=N\OC(C#Cc1ccccc1)c1ccccc1. The number of hydrogen-bond donors (Lipinski definition) is 0. The third kappa shape index (κ3) is 5.00. The lowest BCUT2D eigenvalue weighted by Crippen LogP contribution is -1.97. The molecule has 2 aromatic rings. The Bertz CT molecular complexity index is 648. The minimum absolute atomic E-state index is 0.382. The first-order valence-corrected chi connectivity index (χ1v) is 6.82. The summed E-state index contributed by atoms with van der Waals surface area (Å²) >= 11 is 0. The van der Waals surface area contributed by atoms with Crippen molar-refractivity contribution in [1.82, 2.24) is 0 Å². The van der Waals surface area contributed by atoms with E-state index in [1.165, 1.54) is 0 Å². The van der Waals surface area contributed by atoms with E-state index in [0.717, 1.165) is 11.1 Å². The van der Waals surface area contributed by atoms with Crippen LogP contribution in [-0.4, -0.2) is 6.21 Å². The van der Waals surface area contributed by atoms with Gasteiger partial charge in [-0.05, 0) is 31.1 Å². The molecule has 0 fully saturated rings. The molecule has 0 aliphatic heterocycles. The van der Waals surface area contributed by atoms with Crippen LogP contribution in [0.4, 0.5) is 0 Å². The van der Waals surface area contributed by atoms with Crippen LogP contribution in [0.3, 0.4) is 0 Å². The number of rotatable bonds is 4. The zero-order valence-electron chi connectivity index (χ0n) is 11.9. The molecule has 0 amide bonds. The molecule has 2 aromatic carbocycles. The van der Waals surface area contributed by atoms with E-state index in [-0.39, 0.29) is 6.10 Å². The van der Waals surface area contributed by atoms with Crippen molar-refractivity contribution in [3.8, 4) is 11.8 Å². The van der Waals surface area contributed by atoms with Gasteiger partial charge in [-0.15, -0.1) is 0 Å². The predicted molar refractivity (Wildman–Crippen MR) is 86.9 cm³/mol. The summed E-state index contributed by atoms with van der Waals surface area (Å²) < 4.78 is 0. The second-order valence-corrected chi connectivity index (χ2v) is 4.31. The molecule has 0 N–H and O–H groups in total. The maximum Gasteiger partial charge on any atom is 0.213 e. The summed E-state index contributed by atoms with van der Waals surface area (Å²) in [4.78, 5) is 5.50. The number of allylic oxidation sites excluding steroid dienone is 2. The lowest BCUT2D eigenvalue weighted by atomic mass is 10.1. The average Bonchev–Trinajstić information content (AvgIpc) is 2.56. The summed E-state index contributed by atoms with van der Waals surface area (Å²) in [5.41, 5.74) is 1.94. The van der Waals surface area contributed by atoms with Crippen LogP contribution < -0.4 is 0 Å². The van der Waals surface area contributed by atoms with Crippen molar-refractivity contribution in [2.45, 2.75) is 13.0 Å². The van der Waals surface area contributed by atoms with Crippen LogP contribution in [-0.2, 0) is 4.84 Å². The van der Waals surface area contributed by atoms with E-state index in [4.69, 9.17) is 4.84 Å². The fraction of sp³-hybridized carbons (Fsp3) is 0.105. The molecule has 0 bridgehead atoms. The Labute approximate surface area is 125 Å². The summed E-state index contributed by atoms with van der Waals surface area (Å²) in [6, 6.07) is 19.7. The molecule has 0 heterocycles. The van der Waals surface area contributed by atoms with Crippen molar-refractivity contribution in [1.29, 1.82) is 0 Å². The van der Waals surface area contributed by atoms with E-state index >= 15 is 0 Å². The molecule has 0 saturated heterocycles. The maximum absolute atomic E-state index is 5.50. The largest absolute Gasteiger partial charge is 0.374 e. The zero-order chi connectivity index (χ0) is 14.8. The highest BCUT2D eigenvalue weighted by molar-refractivity contribution is 5.70. The third-order valence-electron chi connectivity index (χ3n) is 2.73. The molecule has 1 atom stereocenters. The molecule has 1 unspecified atom stereocenters. The van der Waals surface area contributed by atoms with Gasteiger partial charge in [-0.25, -0.2) is 0 Å². The number of hydrogen-bond acceptors (Lipinski definition) is 2. The quantitative estimate of drug-likeness (QED) is 0.461. The van der Waals surface area contributed by atoms with Gasteiger partial charge >= 0.3 is 0 Å². The number of nitrogens with zero attached hydrogens (tertiary/aromatic N) is 1. The fourth-order valence-electron chi connectivity index (χ4n) is 1.69. The highest BCUT2D eigenvalue weighted by Crippen LogP contribution is 2.16. The van der Waals surface area contributed by atoms with Crippen LogP contribution in [0.1, 0.15) is 24.2 Å². The number of benzene rings is 2. The Morgan fingerprint density at radius 2 is 1.67 bits per heavy atom. The summed E-state index contributed by atoms with van der Waals surface area (Å²) in [6.45, 7) is 1.93. The molecule has 2 heteroatoms. The predicted octanol–water partition coefficient (Wildman–Crippen LogP) is 4.36. The van der Waals surface area contributed by atoms with Crippen LogP contribution in [0.25, 0.3) is 0 Å².